The molecule has 1 aromatic carbocycles. The fourth-order valence-corrected chi connectivity index (χ4v) is 2.55. The van der Waals surface area contributed by atoms with Gasteiger partial charge in [-0.25, -0.2) is 9.97 Å². The first-order chi connectivity index (χ1) is 11.1. The number of halogens is 2. The fraction of sp³-hybridized carbons (Fsp3) is 0.0667. The first kappa shape index (κ1) is 15.5. The Labute approximate surface area is 141 Å². The number of anilines is 1. The monoisotopic (exact) mass is 348 g/mol. The smallest absolute Gasteiger partial charge is 0.256 e. The minimum Gasteiger partial charge on any atom is -0.494 e. The molecule has 3 aromatic rings. The fourth-order valence-electron chi connectivity index (χ4n) is 2.14. The molecule has 3 rings (SSSR count). The Morgan fingerprint density at radius 3 is 2.57 bits per heavy atom. The molecule has 0 aliphatic heterocycles. The SMILES string of the molecule is COc1ccc(C(=O)Nc2c(Cl)ncnc2Cl)c2cccnc12. The van der Waals surface area contributed by atoms with Gasteiger partial charge in [0.25, 0.3) is 5.91 Å². The van der Waals surface area contributed by atoms with Gasteiger partial charge in [-0.2, -0.15) is 0 Å². The Bertz CT molecular complexity index is 882. The summed E-state index contributed by atoms with van der Waals surface area (Å²) in [6.07, 6.45) is 2.85. The summed E-state index contributed by atoms with van der Waals surface area (Å²) >= 11 is 11.9. The molecular weight excluding hydrogens is 339 g/mol. The number of aromatic nitrogens is 3. The van der Waals surface area contributed by atoms with Crippen LogP contribution in [0.5, 0.6) is 5.75 Å². The largest absolute Gasteiger partial charge is 0.494 e. The Morgan fingerprint density at radius 2 is 1.87 bits per heavy atom. The third-order valence-corrected chi connectivity index (χ3v) is 3.76. The van der Waals surface area contributed by atoms with Crippen molar-refractivity contribution in [2.75, 3.05) is 12.4 Å². The van der Waals surface area contributed by atoms with Crippen molar-refractivity contribution in [2.45, 2.75) is 0 Å². The number of pyridine rings is 1. The summed E-state index contributed by atoms with van der Waals surface area (Å²) in [5.74, 6) is 0.181. The Morgan fingerprint density at radius 1 is 1.13 bits per heavy atom. The van der Waals surface area contributed by atoms with Crippen molar-refractivity contribution in [3.63, 3.8) is 0 Å². The van der Waals surface area contributed by atoms with Gasteiger partial charge in [-0.15, -0.1) is 0 Å². The van der Waals surface area contributed by atoms with Crippen molar-refractivity contribution >= 4 is 45.7 Å². The van der Waals surface area contributed by atoms with E-state index in [0.717, 1.165) is 0 Å². The standard InChI is InChI=1S/C15H10Cl2N4O2/c1-23-10-5-4-9(8-3-2-6-18-11(8)10)15(22)21-12-13(16)19-7-20-14(12)17/h2-7H,1H3,(H,21,22). The maximum atomic E-state index is 12.6. The molecule has 23 heavy (non-hydrogen) atoms. The second-order valence-electron chi connectivity index (χ2n) is 4.50. The zero-order valence-corrected chi connectivity index (χ0v) is 13.4. The number of ether oxygens (including phenoxy) is 1. The minimum atomic E-state index is -0.399. The van der Waals surface area contributed by atoms with Gasteiger partial charge in [0.2, 0.25) is 0 Å². The molecule has 0 atom stereocenters. The molecule has 0 spiro atoms. The molecule has 0 saturated carbocycles. The molecule has 1 amide bonds. The van der Waals surface area contributed by atoms with E-state index in [1.165, 1.54) is 6.33 Å². The zero-order valence-electron chi connectivity index (χ0n) is 11.9. The van der Waals surface area contributed by atoms with Crippen LogP contribution in [0.25, 0.3) is 10.9 Å². The highest BCUT2D eigenvalue weighted by Gasteiger charge is 2.17. The number of nitrogens with one attached hydrogen (secondary N) is 1. The average Bonchev–Trinajstić information content (AvgIpc) is 2.57. The van der Waals surface area contributed by atoms with E-state index >= 15 is 0 Å². The van der Waals surface area contributed by atoms with Crippen molar-refractivity contribution in [3.8, 4) is 5.75 Å². The Kier molecular flexibility index (Phi) is 4.27. The van der Waals surface area contributed by atoms with Gasteiger partial charge in [0.05, 0.1) is 7.11 Å². The lowest BCUT2D eigenvalue weighted by Crippen LogP contribution is -2.14. The number of methoxy groups -OCH3 is 1. The summed E-state index contributed by atoms with van der Waals surface area (Å²) in [6, 6.07) is 6.84. The average molecular weight is 349 g/mol. The lowest BCUT2D eigenvalue weighted by atomic mass is 10.1. The van der Waals surface area contributed by atoms with E-state index in [1.54, 1.807) is 37.6 Å². The third-order valence-electron chi connectivity index (χ3n) is 3.19. The molecule has 0 unspecified atom stereocenters. The molecule has 8 heteroatoms. The van der Waals surface area contributed by atoms with Crippen molar-refractivity contribution < 1.29 is 9.53 Å². The number of nitrogens with zero attached hydrogens (tertiary/aromatic N) is 3. The Balaban J connectivity index is 2.05. The lowest BCUT2D eigenvalue weighted by molar-refractivity contribution is 0.102. The van der Waals surface area contributed by atoms with Crippen LogP contribution in [0.2, 0.25) is 10.3 Å². The van der Waals surface area contributed by atoms with Crippen molar-refractivity contribution in [1.29, 1.82) is 0 Å². The van der Waals surface area contributed by atoms with Crippen LogP contribution in [-0.2, 0) is 0 Å². The van der Waals surface area contributed by atoms with Crippen LogP contribution in [0.1, 0.15) is 10.4 Å². The first-order valence-electron chi connectivity index (χ1n) is 6.51. The summed E-state index contributed by atoms with van der Waals surface area (Å²) < 4.78 is 5.26. The number of rotatable bonds is 3. The van der Waals surface area contributed by atoms with Gasteiger partial charge >= 0.3 is 0 Å². The summed E-state index contributed by atoms with van der Waals surface area (Å²) in [4.78, 5) is 24.4. The van der Waals surface area contributed by atoms with E-state index in [1.807, 2.05) is 0 Å². The number of amides is 1. The maximum Gasteiger partial charge on any atom is 0.256 e. The third kappa shape index (κ3) is 2.91. The van der Waals surface area contributed by atoms with Crippen LogP contribution in [0.4, 0.5) is 5.69 Å². The molecule has 0 bridgehead atoms. The highest BCUT2D eigenvalue weighted by atomic mass is 35.5. The van der Waals surface area contributed by atoms with E-state index in [2.05, 4.69) is 20.3 Å². The summed E-state index contributed by atoms with van der Waals surface area (Å²) in [6.45, 7) is 0. The van der Waals surface area contributed by atoms with E-state index in [0.29, 0.717) is 22.2 Å². The molecule has 0 saturated heterocycles. The molecule has 116 valence electrons. The molecule has 0 radical (unpaired) electrons. The van der Waals surface area contributed by atoms with E-state index < -0.39 is 5.91 Å². The van der Waals surface area contributed by atoms with Crippen molar-refractivity contribution in [1.82, 2.24) is 15.0 Å². The molecule has 0 aliphatic rings. The van der Waals surface area contributed by atoms with Gasteiger partial charge < -0.3 is 10.1 Å². The minimum absolute atomic E-state index is 0.0642. The van der Waals surface area contributed by atoms with Gasteiger partial charge in [-0.1, -0.05) is 29.3 Å². The Hall–Kier alpha value is -2.44. The highest BCUT2D eigenvalue weighted by Crippen LogP contribution is 2.29. The van der Waals surface area contributed by atoms with E-state index in [9.17, 15) is 4.79 Å². The zero-order chi connectivity index (χ0) is 16.4. The van der Waals surface area contributed by atoms with Crippen molar-refractivity contribution in [3.05, 3.63) is 52.7 Å². The summed E-state index contributed by atoms with van der Waals surface area (Å²) in [5.41, 5.74) is 1.16. The predicted molar refractivity (Wildman–Crippen MR) is 88.3 cm³/mol. The van der Waals surface area contributed by atoms with Gasteiger partial charge in [0, 0.05) is 17.1 Å². The number of fused-ring (bicyclic) bond motifs is 1. The molecule has 2 aromatic heterocycles. The van der Waals surface area contributed by atoms with Crippen LogP contribution in [0.15, 0.2) is 36.8 Å². The van der Waals surface area contributed by atoms with Gasteiger partial charge in [-0.05, 0) is 18.2 Å². The topological polar surface area (TPSA) is 77.0 Å². The molecule has 0 fully saturated rings. The molecule has 2 heterocycles. The summed E-state index contributed by atoms with van der Waals surface area (Å²) in [5, 5.41) is 3.40. The van der Waals surface area contributed by atoms with Gasteiger partial charge in [-0.3, -0.25) is 9.78 Å². The molecule has 1 N–H and O–H groups in total. The van der Waals surface area contributed by atoms with Crippen LogP contribution < -0.4 is 10.1 Å². The van der Waals surface area contributed by atoms with Crippen molar-refractivity contribution in [2.24, 2.45) is 0 Å². The molecule has 6 nitrogen and oxygen atoms in total. The van der Waals surface area contributed by atoms with E-state index in [4.69, 9.17) is 27.9 Å². The van der Waals surface area contributed by atoms with Crippen LogP contribution in [0.3, 0.4) is 0 Å². The molecular formula is C15H10Cl2N4O2. The molecule has 0 aliphatic carbocycles. The number of benzene rings is 1. The normalized spacial score (nSPS) is 10.6. The first-order valence-corrected chi connectivity index (χ1v) is 7.26. The number of hydrogen-bond acceptors (Lipinski definition) is 5. The number of carbonyl (C=O) groups is 1. The number of hydrogen-bond donors (Lipinski definition) is 1. The predicted octanol–water partition coefficient (Wildman–Crippen LogP) is 3.59. The van der Waals surface area contributed by atoms with Gasteiger partial charge in [0.15, 0.2) is 10.3 Å². The van der Waals surface area contributed by atoms with Crippen LogP contribution in [-0.4, -0.2) is 28.0 Å². The quantitative estimate of drug-likeness (QED) is 0.731. The summed E-state index contributed by atoms with van der Waals surface area (Å²) in [7, 11) is 1.55. The van der Waals surface area contributed by atoms with Crippen LogP contribution in [0, 0.1) is 0 Å². The second kappa shape index (κ2) is 6.36. The van der Waals surface area contributed by atoms with Gasteiger partial charge in [0.1, 0.15) is 23.3 Å². The van der Waals surface area contributed by atoms with Crippen LogP contribution >= 0.6 is 23.2 Å². The second-order valence-corrected chi connectivity index (χ2v) is 5.22. The maximum absolute atomic E-state index is 12.6. The number of carbonyl (C=O) groups excluding carboxylic acids is 1. The lowest BCUT2D eigenvalue weighted by Gasteiger charge is -2.11. The highest BCUT2D eigenvalue weighted by molar-refractivity contribution is 6.38. The van der Waals surface area contributed by atoms with E-state index in [-0.39, 0.29) is 16.0 Å².